The van der Waals surface area contributed by atoms with Crippen LogP contribution in [0.3, 0.4) is 0 Å². The lowest BCUT2D eigenvalue weighted by molar-refractivity contribution is 0.218. The van der Waals surface area contributed by atoms with E-state index in [0.29, 0.717) is 36.6 Å². The number of likely N-dealkylation sites (tertiary alicyclic amines) is 1. The van der Waals surface area contributed by atoms with Gasteiger partial charge in [-0.3, -0.25) is 18.3 Å². The molecule has 5 heterocycles. The van der Waals surface area contributed by atoms with Crippen molar-refractivity contribution in [1.82, 2.24) is 28.0 Å². The molecule has 0 aromatic carbocycles. The second-order valence-electron chi connectivity index (χ2n) is 8.46. The zero-order chi connectivity index (χ0) is 21.7. The minimum atomic E-state index is -0.317. The molecule has 1 saturated heterocycles. The number of imidazole rings is 2. The third-order valence-electron chi connectivity index (χ3n) is 6.61. The molecule has 0 N–H and O–H groups in total. The fourth-order valence-corrected chi connectivity index (χ4v) is 4.68. The van der Waals surface area contributed by atoms with Crippen LogP contribution in [-0.2, 0) is 20.1 Å². The number of hydrogen-bond acceptors (Lipinski definition) is 5. The van der Waals surface area contributed by atoms with Crippen LogP contribution in [0.15, 0.2) is 32.4 Å². The fraction of sp³-hybridized carbons (Fsp3) is 0.500. The molecule has 164 valence electrons. The maximum absolute atomic E-state index is 13.5. The summed E-state index contributed by atoms with van der Waals surface area (Å²) in [4.78, 5) is 33.5. The van der Waals surface area contributed by atoms with Crippen LogP contribution in [0.5, 0.6) is 0 Å². The Balaban J connectivity index is 1.65. The molecule has 0 spiro atoms. The predicted molar refractivity (Wildman–Crippen MR) is 118 cm³/mol. The summed E-state index contributed by atoms with van der Waals surface area (Å²) in [6.45, 7) is 7.65. The molecular weight excluding hydrogens is 396 g/mol. The first-order valence-electron chi connectivity index (χ1n) is 10.9. The SMILES string of the molecule is Cc1c(C)n2c3c(=O)n(CCN4CCCCC4)c(=O)n(C)c3nc2n1Cc1ccco1. The number of nitrogens with zero attached hydrogens (tertiary/aromatic N) is 6. The Morgan fingerprint density at radius 2 is 1.81 bits per heavy atom. The number of furan rings is 1. The lowest BCUT2D eigenvalue weighted by Crippen LogP contribution is -2.43. The van der Waals surface area contributed by atoms with Gasteiger partial charge in [0, 0.05) is 31.5 Å². The Bertz CT molecular complexity index is 1360. The Labute approximate surface area is 179 Å². The van der Waals surface area contributed by atoms with Gasteiger partial charge in [0.25, 0.3) is 5.56 Å². The standard InChI is InChI=1S/C22H28N6O3/c1-15-16(2)28-18-19(23-21(28)27(15)14-17-8-7-13-31-17)24(3)22(30)26(20(18)29)12-11-25-9-5-4-6-10-25/h7-8,13H,4-6,9-12,14H2,1-3H3. The van der Waals surface area contributed by atoms with Crippen molar-refractivity contribution in [2.75, 3.05) is 19.6 Å². The molecule has 0 aliphatic carbocycles. The second kappa shape index (κ2) is 7.56. The van der Waals surface area contributed by atoms with Gasteiger partial charge in [0.2, 0.25) is 5.78 Å². The zero-order valence-electron chi connectivity index (χ0n) is 18.3. The maximum Gasteiger partial charge on any atom is 0.332 e. The highest BCUT2D eigenvalue weighted by atomic mass is 16.3. The Kier molecular flexibility index (Phi) is 4.85. The number of piperidine rings is 1. The lowest BCUT2D eigenvalue weighted by atomic mass is 10.1. The van der Waals surface area contributed by atoms with Gasteiger partial charge in [-0.2, -0.15) is 4.98 Å². The first kappa shape index (κ1) is 19.9. The summed E-state index contributed by atoms with van der Waals surface area (Å²) in [5.41, 5.74) is 2.21. The smallest absolute Gasteiger partial charge is 0.332 e. The molecule has 9 nitrogen and oxygen atoms in total. The van der Waals surface area contributed by atoms with Gasteiger partial charge < -0.3 is 13.9 Å². The molecule has 0 radical (unpaired) electrons. The van der Waals surface area contributed by atoms with E-state index in [1.54, 1.807) is 13.3 Å². The molecule has 0 bridgehead atoms. The van der Waals surface area contributed by atoms with E-state index in [1.165, 1.54) is 28.4 Å². The molecular formula is C22H28N6O3. The van der Waals surface area contributed by atoms with Crippen LogP contribution in [-0.4, -0.2) is 47.6 Å². The molecule has 31 heavy (non-hydrogen) atoms. The van der Waals surface area contributed by atoms with E-state index in [2.05, 4.69) is 4.90 Å². The van der Waals surface area contributed by atoms with Gasteiger partial charge in [0.05, 0.1) is 12.8 Å². The van der Waals surface area contributed by atoms with Gasteiger partial charge in [-0.15, -0.1) is 0 Å². The van der Waals surface area contributed by atoms with E-state index in [0.717, 1.165) is 30.2 Å². The number of aromatic nitrogens is 5. The third-order valence-corrected chi connectivity index (χ3v) is 6.61. The summed E-state index contributed by atoms with van der Waals surface area (Å²) in [7, 11) is 1.69. The number of fused-ring (bicyclic) bond motifs is 3. The van der Waals surface area contributed by atoms with E-state index >= 15 is 0 Å². The fourth-order valence-electron chi connectivity index (χ4n) is 4.68. The maximum atomic E-state index is 13.5. The number of hydrogen-bond donors (Lipinski definition) is 0. The average molecular weight is 425 g/mol. The molecule has 1 aliphatic heterocycles. The third kappa shape index (κ3) is 3.15. The van der Waals surface area contributed by atoms with Crippen LogP contribution in [0.1, 0.15) is 36.4 Å². The molecule has 9 heteroatoms. The Hall–Kier alpha value is -3.07. The highest BCUT2D eigenvalue weighted by Crippen LogP contribution is 2.22. The first-order valence-corrected chi connectivity index (χ1v) is 10.9. The van der Waals surface area contributed by atoms with Gasteiger partial charge in [0.15, 0.2) is 11.2 Å². The lowest BCUT2D eigenvalue weighted by Gasteiger charge is -2.26. The summed E-state index contributed by atoms with van der Waals surface area (Å²) < 4.78 is 12.3. The van der Waals surface area contributed by atoms with Crippen molar-refractivity contribution in [3.8, 4) is 0 Å². The van der Waals surface area contributed by atoms with E-state index in [-0.39, 0.29) is 11.2 Å². The molecule has 1 fully saturated rings. The quantitative estimate of drug-likeness (QED) is 0.489. The Morgan fingerprint density at radius 3 is 2.52 bits per heavy atom. The molecule has 0 unspecified atom stereocenters. The monoisotopic (exact) mass is 424 g/mol. The van der Waals surface area contributed by atoms with Crippen molar-refractivity contribution in [2.45, 2.75) is 46.2 Å². The predicted octanol–water partition coefficient (Wildman–Crippen LogP) is 1.89. The Morgan fingerprint density at radius 1 is 1.03 bits per heavy atom. The second-order valence-corrected chi connectivity index (χ2v) is 8.46. The van der Waals surface area contributed by atoms with Crippen molar-refractivity contribution in [1.29, 1.82) is 0 Å². The molecule has 0 amide bonds. The van der Waals surface area contributed by atoms with Crippen LogP contribution in [0.2, 0.25) is 0 Å². The van der Waals surface area contributed by atoms with Gasteiger partial charge in [-0.25, -0.2) is 4.79 Å². The normalized spacial score (nSPS) is 15.5. The van der Waals surface area contributed by atoms with Crippen molar-refractivity contribution in [3.05, 3.63) is 56.4 Å². The zero-order valence-corrected chi connectivity index (χ0v) is 18.3. The number of aryl methyl sites for hydroxylation is 2. The number of rotatable bonds is 5. The minimum absolute atomic E-state index is 0.277. The topological polar surface area (TPSA) is 82.6 Å². The summed E-state index contributed by atoms with van der Waals surface area (Å²) in [5, 5.41) is 0. The largest absolute Gasteiger partial charge is 0.467 e. The van der Waals surface area contributed by atoms with Crippen LogP contribution in [0.25, 0.3) is 16.9 Å². The minimum Gasteiger partial charge on any atom is -0.467 e. The molecule has 4 aromatic heterocycles. The molecule has 0 atom stereocenters. The molecule has 0 saturated carbocycles. The highest BCUT2D eigenvalue weighted by Gasteiger charge is 2.23. The first-order chi connectivity index (χ1) is 15.0. The van der Waals surface area contributed by atoms with E-state index in [4.69, 9.17) is 9.40 Å². The molecule has 1 aliphatic rings. The van der Waals surface area contributed by atoms with Crippen molar-refractivity contribution < 1.29 is 4.42 Å². The summed E-state index contributed by atoms with van der Waals surface area (Å²) >= 11 is 0. The van der Waals surface area contributed by atoms with E-state index < -0.39 is 0 Å². The van der Waals surface area contributed by atoms with Crippen LogP contribution in [0, 0.1) is 13.8 Å². The van der Waals surface area contributed by atoms with Crippen LogP contribution in [0.4, 0.5) is 0 Å². The molecule has 4 aromatic rings. The van der Waals surface area contributed by atoms with E-state index in [1.807, 2.05) is 34.9 Å². The van der Waals surface area contributed by atoms with Gasteiger partial charge in [0.1, 0.15) is 5.76 Å². The summed E-state index contributed by atoms with van der Waals surface area (Å²) in [6.07, 6.45) is 5.25. The van der Waals surface area contributed by atoms with E-state index in [9.17, 15) is 9.59 Å². The van der Waals surface area contributed by atoms with Gasteiger partial charge in [-0.1, -0.05) is 6.42 Å². The average Bonchev–Trinajstić information content (AvgIpc) is 3.48. The van der Waals surface area contributed by atoms with Crippen molar-refractivity contribution in [2.24, 2.45) is 7.05 Å². The van der Waals surface area contributed by atoms with Crippen molar-refractivity contribution in [3.63, 3.8) is 0 Å². The molecule has 5 rings (SSSR count). The van der Waals surface area contributed by atoms with Gasteiger partial charge in [-0.05, 0) is 51.9 Å². The summed E-state index contributed by atoms with van der Waals surface area (Å²) in [6, 6.07) is 3.77. The summed E-state index contributed by atoms with van der Waals surface area (Å²) in [5.74, 6) is 1.45. The van der Waals surface area contributed by atoms with Crippen molar-refractivity contribution >= 4 is 16.9 Å². The van der Waals surface area contributed by atoms with Crippen LogP contribution >= 0.6 is 0 Å². The highest BCUT2D eigenvalue weighted by molar-refractivity contribution is 5.76. The van der Waals surface area contributed by atoms with Gasteiger partial charge >= 0.3 is 5.69 Å². The van der Waals surface area contributed by atoms with Crippen LogP contribution < -0.4 is 11.2 Å².